The van der Waals surface area contributed by atoms with E-state index in [0.717, 1.165) is 25.8 Å². The Bertz CT molecular complexity index is 257. The summed E-state index contributed by atoms with van der Waals surface area (Å²) in [5.41, 5.74) is 0. The quantitative estimate of drug-likeness (QED) is 0.802. The molecule has 1 heterocycles. The fraction of sp³-hybridized carbons (Fsp3) is 0.700. The van der Waals surface area contributed by atoms with Crippen LogP contribution < -0.4 is 5.32 Å². The molecule has 0 bridgehead atoms. The Morgan fingerprint density at radius 1 is 1.64 bits per heavy atom. The number of nitrogens with zero attached hydrogens (tertiary/aromatic N) is 1. The van der Waals surface area contributed by atoms with Crippen molar-refractivity contribution in [3.05, 3.63) is 16.6 Å². The molecule has 0 spiro atoms. The number of aromatic nitrogens is 1. The lowest BCUT2D eigenvalue weighted by atomic mass is 9.89. The van der Waals surface area contributed by atoms with Crippen LogP contribution in [-0.4, -0.2) is 30.8 Å². The highest BCUT2D eigenvalue weighted by molar-refractivity contribution is 7.09. The summed E-state index contributed by atoms with van der Waals surface area (Å²) in [5.74, 6) is 0. The molecule has 1 aliphatic rings. The summed E-state index contributed by atoms with van der Waals surface area (Å²) in [7, 11) is 1.79. The Morgan fingerprint density at radius 3 is 3.14 bits per heavy atom. The molecule has 1 aromatic heterocycles. The molecule has 0 amide bonds. The van der Waals surface area contributed by atoms with Crippen LogP contribution in [0.5, 0.6) is 0 Å². The molecule has 14 heavy (non-hydrogen) atoms. The molecule has 4 heteroatoms. The molecule has 2 rings (SSSR count). The first-order valence-corrected chi connectivity index (χ1v) is 5.91. The maximum Gasteiger partial charge on any atom is 0.0937 e. The average molecular weight is 212 g/mol. The van der Waals surface area contributed by atoms with E-state index in [0.29, 0.717) is 12.1 Å². The largest absolute Gasteiger partial charge is 0.381 e. The summed E-state index contributed by atoms with van der Waals surface area (Å²) in [6.45, 7) is 1.04. The molecule has 0 atom stereocenters. The standard InChI is InChI=1S/C10H16N2OS/c1-13-9-6-8(7-9)11-3-2-10-12-4-5-14-10/h4-5,8-9,11H,2-3,6-7H2,1H3. The SMILES string of the molecule is COC1CC(NCCc2nccs2)C1. The van der Waals surface area contributed by atoms with E-state index in [-0.39, 0.29) is 0 Å². The number of hydrogen-bond acceptors (Lipinski definition) is 4. The zero-order chi connectivity index (χ0) is 9.80. The summed E-state index contributed by atoms with van der Waals surface area (Å²) >= 11 is 1.73. The molecule has 0 aliphatic heterocycles. The molecule has 1 saturated carbocycles. The van der Waals surface area contributed by atoms with Crippen molar-refractivity contribution in [3.63, 3.8) is 0 Å². The van der Waals surface area contributed by atoms with Gasteiger partial charge in [-0.3, -0.25) is 0 Å². The van der Waals surface area contributed by atoms with Crippen molar-refractivity contribution in [2.75, 3.05) is 13.7 Å². The van der Waals surface area contributed by atoms with Gasteiger partial charge < -0.3 is 10.1 Å². The Balaban J connectivity index is 1.56. The minimum Gasteiger partial charge on any atom is -0.381 e. The fourth-order valence-corrected chi connectivity index (χ4v) is 2.30. The Hall–Kier alpha value is -0.450. The van der Waals surface area contributed by atoms with Crippen molar-refractivity contribution in [1.82, 2.24) is 10.3 Å². The monoisotopic (exact) mass is 212 g/mol. The predicted octanol–water partition coefficient (Wildman–Crippen LogP) is 1.45. The molecule has 3 nitrogen and oxygen atoms in total. The third-order valence-electron chi connectivity index (χ3n) is 2.68. The molecule has 0 unspecified atom stereocenters. The third-order valence-corrected chi connectivity index (χ3v) is 3.52. The molecular weight excluding hydrogens is 196 g/mol. The van der Waals surface area contributed by atoms with Crippen molar-refractivity contribution in [2.24, 2.45) is 0 Å². The van der Waals surface area contributed by atoms with Crippen LogP contribution in [-0.2, 0) is 11.2 Å². The summed E-state index contributed by atoms with van der Waals surface area (Å²) in [6.07, 6.45) is 5.73. The second-order valence-corrected chi connectivity index (χ2v) is 4.64. The highest BCUT2D eigenvalue weighted by Gasteiger charge is 2.27. The van der Waals surface area contributed by atoms with Crippen molar-refractivity contribution in [2.45, 2.75) is 31.4 Å². The number of hydrogen-bond donors (Lipinski definition) is 1. The van der Waals surface area contributed by atoms with Crippen LogP contribution in [0.25, 0.3) is 0 Å². The van der Waals surface area contributed by atoms with Crippen LogP contribution >= 0.6 is 11.3 Å². The Morgan fingerprint density at radius 2 is 2.50 bits per heavy atom. The number of rotatable bonds is 5. The van der Waals surface area contributed by atoms with Crippen LogP contribution in [0.2, 0.25) is 0 Å². The highest BCUT2D eigenvalue weighted by Crippen LogP contribution is 2.22. The van der Waals surface area contributed by atoms with Crippen LogP contribution in [0.4, 0.5) is 0 Å². The van der Waals surface area contributed by atoms with E-state index in [4.69, 9.17) is 4.74 Å². The second kappa shape index (κ2) is 4.87. The van der Waals surface area contributed by atoms with E-state index < -0.39 is 0 Å². The van der Waals surface area contributed by atoms with Crippen LogP contribution in [0.15, 0.2) is 11.6 Å². The van der Waals surface area contributed by atoms with Gasteiger partial charge in [-0.25, -0.2) is 4.98 Å². The molecule has 78 valence electrons. The molecule has 1 N–H and O–H groups in total. The van der Waals surface area contributed by atoms with Gasteiger partial charge in [0.05, 0.1) is 11.1 Å². The first-order valence-electron chi connectivity index (χ1n) is 5.03. The normalized spacial score (nSPS) is 26.1. The fourth-order valence-electron chi connectivity index (χ4n) is 1.68. The van der Waals surface area contributed by atoms with E-state index >= 15 is 0 Å². The van der Waals surface area contributed by atoms with Gasteiger partial charge in [0, 0.05) is 37.7 Å². The molecule has 0 saturated heterocycles. The second-order valence-electron chi connectivity index (χ2n) is 3.66. The summed E-state index contributed by atoms with van der Waals surface area (Å²) < 4.78 is 5.22. The summed E-state index contributed by atoms with van der Waals surface area (Å²) in [5, 5.41) is 6.76. The van der Waals surface area contributed by atoms with Gasteiger partial charge in [-0.1, -0.05) is 0 Å². The molecule has 0 radical (unpaired) electrons. The lowest BCUT2D eigenvalue weighted by molar-refractivity contribution is 0.0177. The van der Waals surface area contributed by atoms with Gasteiger partial charge in [0.15, 0.2) is 0 Å². The Labute approximate surface area is 88.5 Å². The van der Waals surface area contributed by atoms with E-state index in [2.05, 4.69) is 10.3 Å². The first-order chi connectivity index (χ1) is 6.88. The number of nitrogens with one attached hydrogen (secondary N) is 1. The molecule has 1 fully saturated rings. The van der Waals surface area contributed by atoms with Gasteiger partial charge >= 0.3 is 0 Å². The Kier molecular flexibility index (Phi) is 3.50. The predicted molar refractivity (Wildman–Crippen MR) is 57.6 cm³/mol. The number of ether oxygens (including phenoxy) is 1. The van der Waals surface area contributed by atoms with Gasteiger partial charge in [-0.15, -0.1) is 11.3 Å². The van der Waals surface area contributed by atoms with Crippen LogP contribution in [0, 0.1) is 0 Å². The van der Waals surface area contributed by atoms with Gasteiger partial charge in [-0.05, 0) is 12.8 Å². The zero-order valence-corrected chi connectivity index (χ0v) is 9.22. The van der Waals surface area contributed by atoms with Crippen molar-refractivity contribution in [3.8, 4) is 0 Å². The maximum atomic E-state index is 5.22. The number of methoxy groups -OCH3 is 1. The summed E-state index contributed by atoms with van der Waals surface area (Å²) in [6, 6.07) is 0.667. The summed E-state index contributed by atoms with van der Waals surface area (Å²) in [4.78, 5) is 4.24. The molecule has 0 aromatic carbocycles. The van der Waals surface area contributed by atoms with E-state index in [1.165, 1.54) is 5.01 Å². The van der Waals surface area contributed by atoms with E-state index in [1.807, 2.05) is 11.6 Å². The topological polar surface area (TPSA) is 34.1 Å². The lowest BCUT2D eigenvalue weighted by Gasteiger charge is -2.34. The maximum absolute atomic E-state index is 5.22. The third kappa shape index (κ3) is 2.53. The smallest absolute Gasteiger partial charge is 0.0937 e. The lowest BCUT2D eigenvalue weighted by Crippen LogP contribution is -2.45. The van der Waals surface area contributed by atoms with Crippen molar-refractivity contribution in [1.29, 1.82) is 0 Å². The number of thiazole rings is 1. The molecule has 1 aromatic rings. The zero-order valence-electron chi connectivity index (χ0n) is 8.40. The van der Waals surface area contributed by atoms with Crippen molar-refractivity contribution >= 4 is 11.3 Å². The highest BCUT2D eigenvalue weighted by atomic mass is 32.1. The molecular formula is C10H16N2OS. The van der Waals surface area contributed by atoms with Crippen molar-refractivity contribution < 1.29 is 4.74 Å². The average Bonchev–Trinajstić information content (AvgIpc) is 2.61. The van der Waals surface area contributed by atoms with E-state index in [1.54, 1.807) is 18.4 Å². The first kappa shape index (κ1) is 10.1. The van der Waals surface area contributed by atoms with Crippen LogP contribution in [0.3, 0.4) is 0 Å². The minimum absolute atomic E-state index is 0.493. The van der Waals surface area contributed by atoms with Crippen LogP contribution in [0.1, 0.15) is 17.8 Å². The van der Waals surface area contributed by atoms with Gasteiger partial charge in [0.25, 0.3) is 0 Å². The molecule has 1 aliphatic carbocycles. The minimum atomic E-state index is 0.493. The van der Waals surface area contributed by atoms with E-state index in [9.17, 15) is 0 Å². The van der Waals surface area contributed by atoms with Gasteiger partial charge in [-0.2, -0.15) is 0 Å². The van der Waals surface area contributed by atoms with Gasteiger partial charge in [0.1, 0.15) is 0 Å². The van der Waals surface area contributed by atoms with Gasteiger partial charge in [0.2, 0.25) is 0 Å².